The zero-order chi connectivity index (χ0) is 17.0. The Bertz CT molecular complexity index is 732. The molecule has 6 nitrogen and oxygen atoms in total. The Morgan fingerprint density at radius 3 is 2.32 bits per heavy atom. The van der Waals surface area contributed by atoms with Crippen LogP contribution in [0.5, 0.6) is 5.75 Å². The molecule has 0 fully saturated rings. The van der Waals surface area contributed by atoms with E-state index in [4.69, 9.17) is 9.47 Å². The van der Waals surface area contributed by atoms with E-state index < -0.39 is 19.8 Å². The van der Waals surface area contributed by atoms with Crippen molar-refractivity contribution in [3.63, 3.8) is 0 Å². The second-order valence-corrected chi connectivity index (χ2v) is 9.84. The van der Waals surface area contributed by atoms with Gasteiger partial charge in [-0.3, -0.25) is 0 Å². The number of benzene rings is 1. The molecule has 0 aromatic heterocycles. The summed E-state index contributed by atoms with van der Waals surface area (Å²) < 4.78 is 51.0. The van der Waals surface area contributed by atoms with E-state index in [1.54, 1.807) is 33.1 Å². The van der Waals surface area contributed by atoms with Crippen molar-refractivity contribution in [2.45, 2.75) is 30.4 Å². The van der Waals surface area contributed by atoms with Gasteiger partial charge in [-0.2, -0.15) is 8.42 Å². The lowest BCUT2D eigenvalue weighted by Crippen LogP contribution is -2.14. The highest BCUT2D eigenvalue weighted by Gasteiger charge is 2.22. The van der Waals surface area contributed by atoms with Crippen molar-refractivity contribution in [2.24, 2.45) is 3.77 Å². The van der Waals surface area contributed by atoms with Crippen LogP contribution in [0.2, 0.25) is 0 Å². The monoisotopic (exact) mass is 349 g/mol. The number of nitrogens with zero attached hydrogens (tertiary/aromatic N) is 1. The molecule has 1 atom stereocenters. The van der Waals surface area contributed by atoms with E-state index in [2.05, 4.69) is 3.77 Å². The van der Waals surface area contributed by atoms with Crippen molar-refractivity contribution in [3.8, 4) is 5.75 Å². The fourth-order valence-corrected chi connectivity index (χ4v) is 4.89. The molecule has 0 N–H and O–H groups in total. The Hall–Kier alpha value is -1.12. The molecule has 0 aliphatic carbocycles. The summed E-state index contributed by atoms with van der Waals surface area (Å²) in [5.74, 6) is 0.184. The highest BCUT2D eigenvalue weighted by molar-refractivity contribution is 8.03. The van der Waals surface area contributed by atoms with E-state index >= 15 is 0 Å². The SMILES string of the molecule is COCCc1ccc(OC)c(S(=O)(=O)N=S(C)(=O)C(C)C)c1. The van der Waals surface area contributed by atoms with Crippen LogP contribution in [-0.4, -0.2) is 45.0 Å². The van der Waals surface area contributed by atoms with Crippen LogP contribution < -0.4 is 4.74 Å². The van der Waals surface area contributed by atoms with Crippen molar-refractivity contribution < 1.29 is 22.1 Å². The molecule has 0 saturated heterocycles. The molecule has 0 amide bonds. The first-order chi connectivity index (χ1) is 10.1. The van der Waals surface area contributed by atoms with E-state index in [0.717, 1.165) is 5.56 Å². The van der Waals surface area contributed by atoms with Crippen LogP contribution in [0, 0.1) is 0 Å². The van der Waals surface area contributed by atoms with Gasteiger partial charge >= 0.3 is 0 Å². The molecule has 1 aromatic carbocycles. The molecular formula is C14H23NO5S2. The first-order valence-corrected chi connectivity index (χ1v) is 10.2. The average Bonchev–Trinajstić information content (AvgIpc) is 2.43. The molecule has 22 heavy (non-hydrogen) atoms. The number of rotatable bonds is 7. The standard InChI is InChI=1S/C14H23NO5S2/c1-11(2)21(5,16)15-22(17,18)14-10-12(8-9-19-3)6-7-13(14)20-4/h6-7,10-11H,8-9H2,1-5H3. The number of hydrogen-bond donors (Lipinski definition) is 0. The fraction of sp³-hybridized carbons (Fsp3) is 0.571. The largest absolute Gasteiger partial charge is 0.495 e. The van der Waals surface area contributed by atoms with Crippen molar-refractivity contribution in [2.75, 3.05) is 27.1 Å². The van der Waals surface area contributed by atoms with Crippen LogP contribution in [0.25, 0.3) is 0 Å². The molecule has 1 rings (SSSR count). The topological polar surface area (TPSA) is 82.0 Å². The number of sulfonamides is 1. The highest BCUT2D eigenvalue weighted by atomic mass is 32.3. The van der Waals surface area contributed by atoms with Crippen LogP contribution in [0.3, 0.4) is 0 Å². The van der Waals surface area contributed by atoms with Gasteiger partial charge in [-0.1, -0.05) is 19.9 Å². The van der Waals surface area contributed by atoms with Gasteiger partial charge in [0.05, 0.1) is 23.4 Å². The molecule has 0 heterocycles. The van der Waals surface area contributed by atoms with Gasteiger partial charge in [-0.15, -0.1) is 3.77 Å². The van der Waals surface area contributed by atoms with Gasteiger partial charge in [0, 0.05) is 18.6 Å². The minimum absolute atomic E-state index is 0.0705. The molecule has 0 bridgehead atoms. The van der Waals surface area contributed by atoms with Gasteiger partial charge in [0.2, 0.25) is 0 Å². The summed E-state index contributed by atoms with van der Waals surface area (Å²) in [6.07, 6.45) is 1.91. The summed E-state index contributed by atoms with van der Waals surface area (Å²) in [5.41, 5.74) is 0.781. The average molecular weight is 349 g/mol. The first-order valence-electron chi connectivity index (χ1n) is 6.77. The minimum Gasteiger partial charge on any atom is -0.495 e. The highest BCUT2D eigenvalue weighted by Crippen LogP contribution is 2.28. The van der Waals surface area contributed by atoms with Crippen LogP contribution >= 0.6 is 0 Å². The third-order valence-corrected chi connectivity index (χ3v) is 7.81. The fourth-order valence-electron chi connectivity index (χ4n) is 1.62. The van der Waals surface area contributed by atoms with Gasteiger partial charge in [-0.05, 0) is 24.1 Å². The summed E-state index contributed by atoms with van der Waals surface area (Å²) in [4.78, 5) is -0.0705. The molecular weight excluding hydrogens is 326 g/mol. The molecule has 1 unspecified atom stereocenters. The van der Waals surface area contributed by atoms with E-state index in [0.29, 0.717) is 13.0 Å². The number of methoxy groups -OCH3 is 2. The third-order valence-electron chi connectivity index (χ3n) is 3.22. The Balaban J connectivity index is 3.43. The van der Waals surface area contributed by atoms with Crippen molar-refractivity contribution in [3.05, 3.63) is 23.8 Å². The number of hydrogen-bond acceptors (Lipinski definition) is 5. The van der Waals surface area contributed by atoms with E-state index in [9.17, 15) is 12.6 Å². The normalized spacial score (nSPS) is 14.6. The molecule has 8 heteroatoms. The molecule has 0 spiro atoms. The lowest BCUT2D eigenvalue weighted by molar-refractivity contribution is 0.202. The molecule has 0 aliphatic rings. The van der Waals surface area contributed by atoms with Gasteiger partial charge in [0.1, 0.15) is 10.6 Å². The maximum atomic E-state index is 12.5. The second kappa shape index (κ2) is 7.43. The summed E-state index contributed by atoms with van der Waals surface area (Å²) >= 11 is 0. The van der Waals surface area contributed by atoms with Crippen LogP contribution in [0.1, 0.15) is 19.4 Å². The van der Waals surface area contributed by atoms with Gasteiger partial charge < -0.3 is 9.47 Å². The van der Waals surface area contributed by atoms with Crippen LogP contribution in [0.15, 0.2) is 26.9 Å². The minimum atomic E-state index is -4.07. The summed E-state index contributed by atoms with van der Waals surface area (Å²) in [6.45, 7) is 3.82. The Morgan fingerprint density at radius 2 is 1.82 bits per heavy atom. The van der Waals surface area contributed by atoms with E-state index in [-0.39, 0.29) is 15.9 Å². The summed E-state index contributed by atoms with van der Waals surface area (Å²) in [6, 6.07) is 4.83. The smallest absolute Gasteiger partial charge is 0.293 e. The predicted octanol–water partition coefficient (Wildman–Crippen LogP) is 2.08. The Morgan fingerprint density at radius 1 is 1.18 bits per heavy atom. The lowest BCUT2D eigenvalue weighted by atomic mass is 10.1. The maximum absolute atomic E-state index is 12.5. The van der Waals surface area contributed by atoms with Crippen molar-refractivity contribution in [1.82, 2.24) is 0 Å². The summed E-state index contributed by atoms with van der Waals surface area (Å²) in [7, 11) is -3.96. The molecule has 0 saturated carbocycles. The lowest BCUT2D eigenvalue weighted by Gasteiger charge is -2.11. The quantitative estimate of drug-likeness (QED) is 0.753. The molecule has 126 valence electrons. The van der Waals surface area contributed by atoms with E-state index in [1.807, 2.05) is 0 Å². The Kier molecular flexibility index (Phi) is 6.39. The third kappa shape index (κ3) is 4.69. The number of ether oxygens (including phenoxy) is 2. The zero-order valence-corrected chi connectivity index (χ0v) is 15.2. The Labute approximate surface area is 133 Å². The molecule has 1 aromatic rings. The van der Waals surface area contributed by atoms with E-state index in [1.165, 1.54) is 19.4 Å². The maximum Gasteiger partial charge on any atom is 0.293 e. The van der Waals surface area contributed by atoms with Crippen LogP contribution in [-0.2, 0) is 30.9 Å². The van der Waals surface area contributed by atoms with Crippen molar-refractivity contribution in [1.29, 1.82) is 0 Å². The van der Waals surface area contributed by atoms with Crippen molar-refractivity contribution >= 4 is 19.8 Å². The summed E-state index contributed by atoms with van der Waals surface area (Å²) in [5, 5.41) is -0.370. The van der Waals surface area contributed by atoms with Gasteiger partial charge in [-0.25, -0.2) is 4.21 Å². The predicted molar refractivity (Wildman–Crippen MR) is 87.4 cm³/mol. The van der Waals surface area contributed by atoms with Crippen LogP contribution in [0.4, 0.5) is 0 Å². The molecule has 0 aliphatic heterocycles. The van der Waals surface area contributed by atoms with Gasteiger partial charge in [0.25, 0.3) is 10.0 Å². The second-order valence-electron chi connectivity index (χ2n) is 5.19. The molecule has 0 radical (unpaired) electrons. The van der Waals surface area contributed by atoms with Gasteiger partial charge in [0.15, 0.2) is 0 Å². The zero-order valence-electron chi connectivity index (χ0n) is 13.5. The first kappa shape index (κ1) is 18.9.